The van der Waals surface area contributed by atoms with E-state index in [0.717, 1.165) is 25.1 Å². The number of aryl methyl sites for hydroxylation is 1. The molecule has 0 fully saturated rings. The van der Waals surface area contributed by atoms with Crippen molar-refractivity contribution in [3.63, 3.8) is 0 Å². The van der Waals surface area contributed by atoms with E-state index in [1.807, 2.05) is 0 Å². The molecule has 1 aromatic heterocycles. The maximum Gasteiger partial charge on any atom is 0.220 e. The molecule has 4 nitrogen and oxygen atoms in total. The van der Waals surface area contributed by atoms with Crippen molar-refractivity contribution in [1.82, 2.24) is 15.3 Å². The van der Waals surface area contributed by atoms with Gasteiger partial charge in [0.05, 0.1) is 0 Å². The van der Waals surface area contributed by atoms with E-state index >= 15 is 0 Å². The number of imidazole rings is 1. The molecule has 0 aliphatic rings. The molecular formula is C11H17N3O. The third kappa shape index (κ3) is 5.00. The predicted molar refractivity (Wildman–Crippen MR) is 59.3 cm³/mol. The zero-order valence-corrected chi connectivity index (χ0v) is 8.83. The van der Waals surface area contributed by atoms with Gasteiger partial charge in [-0.05, 0) is 12.8 Å². The molecule has 1 rings (SSSR count). The summed E-state index contributed by atoms with van der Waals surface area (Å²) >= 11 is 0. The lowest BCUT2D eigenvalue weighted by Gasteiger charge is -2.02. The molecule has 4 heteroatoms. The summed E-state index contributed by atoms with van der Waals surface area (Å²) in [6, 6.07) is 0. The summed E-state index contributed by atoms with van der Waals surface area (Å²) in [5.41, 5.74) is 0. The van der Waals surface area contributed by atoms with E-state index in [1.54, 1.807) is 18.5 Å². The molecule has 1 amide bonds. The molecular weight excluding hydrogens is 190 g/mol. The van der Waals surface area contributed by atoms with E-state index in [4.69, 9.17) is 0 Å². The minimum absolute atomic E-state index is 0.0920. The van der Waals surface area contributed by atoms with E-state index in [-0.39, 0.29) is 5.91 Å². The second kappa shape index (κ2) is 6.81. The van der Waals surface area contributed by atoms with Gasteiger partial charge in [-0.2, -0.15) is 0 Å². The number of aromatic nitrogens is 2. The van der Waals surface area contributed by atoms with Gasteiger partial charge in [0, 0.05) is 31.8 Å². The van der Waals surface area contributed by atoms with Crippen molar-refractivity contribution in [2.24, 2.45) is 0 Å². The van der Waals surface area contributed by atoms with Crippen LogP contribution in [0.3, 0.4) is 0 Å². The number of nitrogens with one attached hydrogen (secondary N) is 2. The van der Waals surface area contributed by atoms with Crippen molar-refractivity contribution in [3.8, 4) is 0 Å². The van der Waals surface area contributed by atoms with Gasteiger partial charge in [0.15, 0.2) is 0 Å². The number of carbonyl (C=O) groups is 1. The zero-order chi connectivity index (χ0) is 10.9. The maximum absolute atomic E-state index is 11.2. The SMILES string of the molecule is C=CCCC(=O)NCCCc1ncc[nH]1. The van der Waals surface area contributed by atoms with Gasteiger partial charge in [-0.1, -0.05) is 6.08 Å². The fraction of sp³-hybridized carbons (Fsp3) is 0.455. The van der Waals surface area contributed by atoms with Crippen LogP contribution >= 0.6 is 0 Å². The lowest BCUT2D eigenvalue weighted by Crippen LogP contribution is -2.24. The van der Waals surface area contributed by atoms with Crippen molar-refractivity contribution in [2.45, 2.75) is 25.7 Å². The van der Waals surface area contributed by atoms with Crippen LogP contribution in [0.5, 0.6) is 0 Å². The molecule has 0 spiro atoms. The van der Waals surface area contributed by atoms with Crippen LogP contribution in [0.15, 0.2) is 25.0 Å². The van der Waals surface area contributed by atoms with Gasteiger partial charge in [-0.3, -0.25) is 4.79 Å². The van der Waals surface area contributed by atoms with E-state index < -0.39 is 0 Å². The molecule has 0 aliphatic carbocycles. The van der Waals surface area contributed by atoms with Gasteiger partial charge in [-0.15, -0.1) is 6.58 Å². The summed E-state index contributed by atoms with van der Waals surface area (Å²) in [5, 5.41) is 2.85. The van der Waals surface area contributed by atoms with Crippen LogP contribution in [-0.4, -0.2) is 22.4 Å². The number of carbonyl (C=O) groups excluding carboxylic acids is 1. The minimum atomic E-state index is 0.0920. The summed E-state index contributed by atoms with van der Waals surface area (Å²) in [5.74, 6) is 1.06. The molecule has 15 heavy (non-hydrogen) atoms. The van der Waals surface area contributed by atoms with Gasteiger partial charge in [0.1, 0.15) is 5.82 Å². The fourth-order valence-electron chi connectivity index (χ4n) is 1.24. The second-order valence-corrected chi connectivity index (χ2v) is 3.32. The molecule has 0 aromatic carbocycles. The number of hydrogen-bond donors (Lipinski definition) is 2. The molecule has 0 radical (unpaired) electrons. The summed E-state index contributed by atoms with van der Waals surface area (Å²) < 4.78 is 0. The third-order valence-electron chi connectivity index (χ3n) is 2.04. The molecule has 1 heterocycles. The van der Waals surface area contributed by atoms with Crippen LogP contribution in [-0.2, 0) is 11.2 Å². The van der Waals surface area contributed by atoms with Crippen LogP contribution < -0.4 is 5.32 Å². The van der Waals surface area contributed by atoms with Gasteiger partial charge in [-0.25, -0.2) is 4.98 Å². The van der Waals surface area contributed by atoms with Crippen LogP contribution in [0.2, 0.25) is 0 Å². The second-order valence-electron chi connectivity index (χ2n) is 3.32. The molecule has 0 unspecified atom stereocenters. The number of H-pyrrole nitrogens is 1. The van der Waals surface area contributed by atoms with Crippen molar-refractivity contribution >= 4 is 5.91 Å². The van der Waals surface area contributed by atoms with Crippen LogP contribution in [0.4, 0.5) is 0 Å². The Bertz CT molecular complexity index is 293. The molecule has 0 atom stereocenters. The monoisotopic (exact) mass is 207 g/mol. The standard InChI is InChI=1S/C11H17N3O/c1-2-3-6-11(15)14-7-4-5-10-12-8-9-13-10/h2,8-9H,1,3-7H2,(H,12,13)(H,14,15). The van der Waals surface area contributed by atoms with Crippen molar-refractivity contribution in [2.75, 3.05) is 6.54 Å². The smallest absolute Gasteiger partial charge is 0.220 e. The third-order valence-corrected chi connectivity index (χ3v) is 2.04. The van der Waals surface area contributed by atoms with Gasteiger partial charge >= 0.3 is 0 Å². The van der Waals surface area contributed by atoms with Crippen molar-refractivity contribution < 1.29 is 4.79 Å². The number of rotatable bonds is 7. The zero-order valence-electron chi connectivity index (χ0n) is 8.83. The Hall–Kier alpha value is -1.58. The number of aromatic amines is 1. The Labute approximate surface area is 89.8 Å². The topological polar surface area (TPSA) is 57.8 Å². The van der Waals surface area contributed by atoms with Gasteiger partial charge < -0.3 is 10.3 Å². The largest absolute Gasteiger partial charge is 0.356 e. The van der Waals surface area contributed by atoms with Crippen LogP contribution in [0.1, 0.15) is 25.1 Å². The van der Waals surface area contributed by atoms with E-state index in [9.17, 15) is 4.79 Å². The highest BCUT2D eigenvalue weighted by molar-refractivity contribution is 5.75. The summed E-state index contributed by atoms with van der Waals surface area (Å²) in [4.78, 5) is 18.3. The average molecular weight is 207 g/mol. The molecule has 0 bridgehead atoms. The highest BCUT2D eigenvalue weighted by Crippen LogP contribution is 1.94. The number of allylic oxidation sites excluding steroid dienone is 1. The first kappa shape index (κ1) is 11.5. The lowest BCUT2D eigenvalue weighted by atomic mass is 10.2. The number of nitrogens with zero attached hydrogens (tertiary/aromatic N) is 1. The predicted octanol–water partition coefficient (Wildman–Crippen LogP) is 1.42. The summed E-state index contributed by atoms with van der Waals surface area (Å²) in [7, 11) is 0. The number of amides is 1. The first-order valence-electron chi connectivity index (χ1n) is 5.19. The fourth-order valence-corrected chi connectivity index (χ4v) is 1.24. The Morgan fingerprint density at radius 1 is 1.67 bits per heavy atom. The van der Waals surface area contributed by atoms with Gasteiger partial charge in [0.2, 0.25) is 5.91 Å². The van der Waals surface area contributed by atoms with Crippen LogP contribution in [0, 0.1) is 0 Å². The Morgan fingerprint density at radius 3 is 3.20 bits per heavy atom. The van der Waals surface area contributed by atoms with Crippen LogP contribution in [0.25, 0.3) is 0 Å². The normalized spacial score (nSPS) is 9.87. The highest BCUT2D eigenvalue weighted by atomic mass is 16.1. The van der Waals surface area contributed by atoms with Crippen molar-refractivity contribution in [3.05, 3.63) is 30.9 Å². The molecule has 2 N–H and O–H groups in total. The first-order valence-corrected chi connectivity index (χ1v) is 5.19. The minimum Gasteiger partial charge on any atom is -0.356 e. The molecule has 0 saturated carbocycles. The lowest BCUT2D eigenvalue weighted by molar-refractivity contribution is -0.121. The average Bonchev–Trinajstić information content (AvgIpc) is 2.74. The first-order chi connectivity index (χ1) is 7.33. The Balaban J connectivity index is 2.01. The van der Waals surface area contributed by atoms with E-state index in [2.05, 4.69) is 21.9 Å². The maximum atomic E-state index is 11.2. The molecule has 1 aromatic rings. The summed E-state index contributed by atoms with van der Waals surface area (Å²) in [6.07, 6.45) is 8.34. The quantitative estimate of drug-likeness (QED) is 0.525. The summed E-state index contributed by atoms with van der Waals surface area (Å²) in [6.45, 7) is 4.28. The van der Waals surface area contributed by atoms with Gasteiger partial charge in [0.25, 0.3) is 0 Å². The Morgan fingerprint density at radius 2 is 2.53 bits per heavy atom. The molecule has 0 aliphatic heterocycles. The van der Waals surface area contributed by atoms with E-state index in [1.165, 1.54) is 0 Å². The highest BCUT2D eigenvalue weighted by Gasteiger charge is 1.99. The van der Waals surface area contributed by atoms with Crippen molar-refractivity contribution in [1.29, 1.82) is 0 Å². The Kier molecular flexibility index (Phi) is 5.22. The molecule has 82 valence electrons. The van der Waals surface area contributed by atoms with E-state index in [0.29, 0.717) is 13.0 Å². The molecule has 0 saturated heterocycles. The number of hydrogen-bond acceptors (Lipinski definition) is 2.